The van der Waals surface area contributed by atoms with Gasteiger partial charge in [0.25, 0.3) is 0 Å². The molecule has 1 aromatic rings. The van der Waals surface area contributed by atoms with Crippen LogP contribution in [0.5, 0.6) is 0 Å². The summed E-state index contributed by atoms with van der Waals surface area (Å²) < 4.78 is 0. The average Bonchev–Trinajstić information content (AvgIpc) is 2.31. The fourth-order valence-electron chi connectivity index (χ4n) is 2.20. The molecule has 0 aliphatic heterocycles. The molecule has 14 heavy (non-hydrogen) atoms. The van der Waals surface area contributed by atoms with Gasteiger partial charge in [-0.3, -0.25) is 0 Å². The van der Waals surface area contributed by atoms with Crippen LogP contribution in [0, 0.1) is 0 Å². The topological polar surface area (TPSA) is 12.0 Å². The molecular weight excluding hydrogens is 170 g/mol. The lowest BCUT2D eigenvalue weighted by atomic mass is 9.81. The van der Waals surface area contributed by atoms with Crippen molar-refractivity contribution in [3.05, 3.63) is 48.0 Å². The average molecular weight is 187 g/mol. The molecule has 0 saturated heterocycles. The summed E-state index contributed by atoms with van der Waals surface area (Å²) in [7, 11) is 2.04. The zero-order chi connectivity index (χ0) is 9.86. The molecule has 0 fully saturated rings. The van der Waals surface area contributed by atoms with Gasteiger partial charge in [0.15, 0.2) is 0 Å². The molecule has 0 spiro atoms. The van der Waals surface area contributed by atoms with Crippen LogP contribution in [0.2, 0.25) is 0 Å². The molecule has 1 nitrogen and oxygen atoms in total. The molecule has 1 atom stereocenters. The molecular formula is C13H17N. The van der Waals surface area contributed by atoms with Crippen molar-refractivity contribution in [2.24, 2.45) is 0 Å². The Morgan fingerprint density at radius 1 is 1.21 bits per heavy atom. The summed E-state index contributed by atoms with van der Waals surface area (Å²) >= 11 is 0. The molecule has 0 radical (unpaired) electrons. The van der Waals surface area contributed by atoms with Gasteiger partial charge >= 0.3 is 0 Å². The van der Waals surface area contributed by atoms with Gasteiger partial charge in [-0.25, -0.2) is 0 Å². The van der Waals surface area contributed by atoms with Crippen LogP contribution in [-0.4, -0.2) is 7.05 Å². The Balaban J connectivity index is 2.37. The summed E-state index contributed by atoms with van der Waals surface area (Å²) in [5.74, 6) is 0. The van der Waals surface area contributed by atoms with Gasteiger partial charge in [0, 0.05) is 0 Å². The first-order valence-electron chi connectivity index (χ1n) is 5.29. The molecule has 0 saturated carbocycles. The number of hydrogen-bond donors (Lipinski definition) is 1. The van der Waals surface area contributed by atoms with E-state index in [0.717, 1.165) is 0 Å². The first kappa shape index (κ1) is 9.47. The highest BCUT2D eigenvalue weighted by Gasteiger charge is 2.27. The van der Waals surface area contributed by atoms with Crippen molar-refractivity contribution in [3.8, 4) is 0 Å². The molecule has 1 aliphatic carbocycles. The third kappa shape index (κ3) is 1.60. The Kier molecular flexibility index (Phi) is 2.69. The zero-order valence-electron chi connectivity index (χ0n) is 8.66. The molecule has 2 rings (SSSR count). The fraction of sp³-hybridized carbons (Fsp3) is 0.385. The third-order valence-corrected chi connectivity index (χ3v) is 3.08. The van der Waals surface area contributed by atoms with E-state index in [9.17, 15) is 0 Å². The first-order chi connectivity index (χ1) is 6.87. The second-order valence-electron chi connectivity index (χ2n) is 3.88. The van der Waals surface area contributed by atoms with Crippen LogP contribution in [0.15, 0.2) is 42.5 Å². The van der Waals surface area contributed by atoms with Crippen molar-refractivity contribution >= 4 is 0 Å². The summed E-state index contributed by atoms with van der Waals surface area (Å²) in [4.78, 5) is 0. The van der Waals surface area contributed by atoms with Gasteiger partial charge in [0.1, 0.15) is 0 Å². The van der Waals surface area contributed by atoms with Crippen LogP contribution in [0.3, 0.4) is 0 Å². The Labute approximate surface area is 85.8 Å². The van der Waals surface area contributed by atoms with E-state index in [1.54, 1.807) is 0 Å². The minimum atomic E-state index is 0.0828. The number of benzene rings is 1. The Hall–Kier alpha value is -1.08. The van der Waals surface area contributed by atoms with Gasteiger partial charge in [-0.15, -0.1) is 0 Å². The van der Waals surface area contributed by atoms with Crippen molar-refractivity contribution in [1.82, 2.24) is 5.32 Å². The number of nitrogens with one attached hydrogen (secondary N) is 1. The maximum Gasteiger partial charge on any atom is 0.0618 e. The minimum Gasteiger partial charge on any atom is -0.307 e. The molecule has 1 aromatic carbocycles. The largest absolute Gasteiger partial charge is 0.307 e. The van der Waals surface area contributed by atoms with Crippen LogP contribution in [0.1, 0.15) is 24.8 Å². The number of rotatable bonds is 2. The molecule has 0 amide bonds. The Morgan fingerprint density at radius 2 is 2.00 bits per heavy atom. The van der Waals surface area contributed by atoms with Crippen molar-refractivity contribution in [2.45, 2.75) is 24.8 Å². The second-order valence-corrected chi connectivity index (χ2v) is 3.88. The van der Waals surface area contributed by atoms with E-state index >= 15 is 0 Å². The SMILES string of the molecule is CN[C@@]1(c2ccccc2)C=CCCC1. The van der Waals surface area contributed by atoms with Crippen LogP contribution < -0.4 is 5.32 Å². The first-order valence-corrected chi connectivity index (χ1v) is 5.29. The van der Waals surface area contributed by atoms with Crippen molar-refractivity contribution in [3.63, 3.8) is 0 Å². The summed E-state index contributed by atoms with van der Waals surface area (Å²) in [5.41, 5.74) is 1.46. The molecule has 1 aliphatic rings. The normalized spacial score (nSPS) is 26.4. The van der Waals surface area contributed by atoms with Crippen molar-refractivity contribution in [2.75, 3.05) is 7.05 Å². The highest BCUT2D eigenvalue weighted by atomic mass is 14.9. The summed E-state index contributed by atoms with van der Waals surface area (Å²) in [6.07, 6.45) is 8.28. The summed E-state index contributed by atoms with van der Waals surface area (Å²) in [5, 5.41) is 3.45. The van der Waals surface area contributed by atoms with Gasteiger partial charge in [-0.2, -0.15) is 0 Å². The molecule has 1 N–H and O–H groups in total. The van der Waals surface area contributed by atoms with E-state index in [0.29, 0.717) is 0 Å². The van der Waals surface area contributed by atoms with E-state index in [2.05, 4.69) is 47.8 Å². The van der Waals surface area contributed by atoms with E-state index in [1.807, 2.05) is 7.05 Å². The van der Waals surface area contributed by atoms with Gasteiger partial charge in [0.05, 0.1) is 5.54 Å². The molecule has 0 unspecified atom stereocenters. The van der Waals surface area contributed by atoms with E-state index in [-0.39, 0.29) is 5.54 Å². The van der Waals surface area contributed by atoms with Gasteiger partial charge in [0.2, 0.25) is 0 Å². The van der Waals surface area contributed by atoms with Gasteiger partial charge < -0.3 is 5.32 Å². The van der Waals surface area contributed by atoms with Gasteiger partial charge in [-0.1, -0.05) is 42.5 Å². The summed E-state index contributed by atoms with van der Waals surface area (Å²) in [6, 6.07) is 10.7. The zero-order valence-corrected chi connectivity index (χ0v) is 8.66. The maximum absolute atomic E-state index is 3.45. The number of hydrogen-bond acceptors (Lipinski definition) is 1. The lowest BCUT2D eigenvalue weighted by molar-refractivity contribution is 0.394. The van der Waals surface area contributed by atoms with Crippen LogP contribution in [0.4, 0.5) is 0 Å². The monoisotopic (exact) mass is 187 g/mol. The molecule has 0 aromatic heterocycles. The van der Waals surface area contributed by atoms with Gasteiger partial charge in [-0.05, 0) is 31.9 Å². The number of likely N-dealkylation sites (N-methyl/N-ethyl adjacent to an activating group) is 1. The lowest BCUT2D eigenvalue weighted by Gasteiger charge is -2.33. The Bertz CT molecular complexity index is 315. The molecule has 0 bridgehead atoms. The van der Waals surface area contributed by atoms with E-state index in [4.69, 9.17) is 0 Å². The van der Waals surface area contributed by atoms with Crippen LogP contribution in [0.25, 0.3) is 0 Å². The third-order valence-electron chi connectivity index (χ3n) is 3.08. The smallest absolute Gasteiger partial charge is 0.0618 e. The second kappa shape index (κ2) is 3.97. The van der Waals surface area contributed by atoms with Crippen LogP contribution >= 0.6 is 0 Å². The maximum atomic E-state index is 3.45. The Morgan fingerprint density at radius 3 is 2.57 bits per heavy atom. The van der Waals surface area contributed by atoms with Crippen molar-refractivity contribution < 1.29 is 0 Å². The minimum absolute atomic E-state index is 0.0828. The quantitative estimate of drug-likeness (QED) is 0.702. The highest BCUT2D eigenvalue weighted by molar-refractivity contribution is 5.30. The predicted octanol–water partition coefficient (Wildman–Crippen LogP) is 2.84. The highest BCUT2D eigenvalue weighted by Crippen LogP contribution is 2.31. The van der Waals surface area contributed by atoms with E-state index in [1.165, 1.54) is 24.8 Å². The molecule has 74 valence electrons. The van der Waals surface area contributed by atoms with Crippen LogP contribution in [-0.2, 0) is 5.54 Å². The lowest BCUT2D eigenvalue weighted by Crippen LogP contribution is -2.39. The van der Waals surface area contributed by atoms with Crippen molar-refractivity contribution in [1.29, 1.82) is 0 Å². The predicted molar refractivity (Wildman–Crippen MR) is 60.2 cm³/mol. The van der Waals surface area contributed by atoms with E-state index < -0.39 is 0 Å². The standard InChI is InChI=1S/C13H17N/c1-14-13(10-6-3-7-11-13)12-8-4-2-5-9-12/h2,4-6,8-10,14H,3,7,11H2,1H3/t13-/m0/s1. The molecule has 1 heteroatoms. The molecule has 0 heterocycles. The number of allylic oxidation sites excluding steroid dienone is 1. The summed E-state index contributed by atoms with van der Waals surface area (Å²) in [6.45, 7) is 0. The fourth-order valence-corrected chi connectivity index (χ4v) is 2.20.